The van der Waals surface area contributed by atoms with Crippen LogP contribution in [0.4, 0.5) is 0 Å². The van der Waals surface area contributed by atoms with Crippen molar-refractivity contribution in [2.24, 2.45) is 0 Å². The third-order valence-electron chi connectivity index (χ3n) is 3.37. The van der Waals surface area contributed by atoms with E-state index in [1.54, 1.807) is 18.3 Å². The van der Waals surface area contributed by atoms with Crippen LogP contribution in [0.1, 0.15) is 5.56 Å². The molecule has 0 saturated heterocycles. The number of nitrogens with zero attached hydrogens (tertiary/aromatic N) is 1. The van der Waals surface area contributed by atoms with Crippen molar-refractivity contribution >= 4 is 44.1 Å². The Labute approximate surface area is 144 Å². The monoisotopic (exact) mass is 366 g/mol. The van der Waals surface area contributed by atoms with E-state index in [0.29, 0.717) is 5.02 Å². The highest BCUT2D eigenvalue weighted by molar-refractivity contribution is 7.89. The molecule has 0 aliphatic carbocycles. The first-order chi connectivity index (χ1) is 11.0. The van der Waals surface area contributed by atoms with Crippen LogP contribution < -0.4 is 4.72 Å². The van der Waals surface area contributed by atoms with Gasteiger partial charge in [-0.15, -0.1) is 0 Å². The molecule has 1 aromatic heterocycles. The number of rotatable bonds is 4. The van der Waals surface area contributed by atoms with Crippen LogP contribution in [0.5, 0.6) is 0 Å². The van der Waals surface area contributed by atoms with E-state index >= 15 is 0 Å². The molecule has 0 amide bonds. The van der Waals surface area contributed by atoms with Crippen molar-refractivity contribution in [2.45, 2.75) is 11.4 Å². The van der Waals surface area contributed by atoms with Gasteiger partial charge in [-0.1, -0.05) is 41.4 Å². The number of pyridine rings is 1. The summed E-state index contributed by atoms with van der Waals surface area (Å²) in [6.07, 6.45) is 1.65. The SMILES string of the molecule is O=S(=O)(NCc1ccnc2ccccc12)c1cc(Cl)ccc1Cl. The zero-order valence-electron chi connectivity index (χ0n) is 11.8. The predicted molar refractivity (Wildman–Crippen MR) is 92.2 cm³/mol. The van der Waals surface area contributed by atoms with Crippen LogP contribution in [0.25, 0.3) is 10.9 Å². The maximum absolute atomic E-state index is 12.4. The normalized spacial score (nSPS) is 11.7. The van der Waals surface area contributed by atoms with Crippen LogP contribution in [-0.4, -0.2) is 13.4 Å². The van der Waals surface area contributed by atoms with Crippen molar-refractivity contribution in [3.8, 4) is 0 Å². The van der Waals surface area contributed by atoms with Gasteiger partial charge in [-0.2, -0.15) is 0 Å². The minimum atomic E-state index is -3.77. The van der Waals surface area contributed by atoms with Crippen molar-refractivity contribution in [3.05, 3.63) is 70.3 Å². The highest BCUT2D eigenvalue weighted by atomic mass is 35.5. The van der Waals surface area contributed by atoms with E-state index in [2.05, 4.69) is 9.71 Å². The molecule has 3 rings (SSSR count). The van der Waals surface area contributed by atoms with E-state index in [1.165, 1.54) is 12.1 Å². The van der Waals surface area contributed by atoms with E-state index < -0.39 is 10.0 Å². The number of sulfonamides is 1. The van der Waals surface area contributed by atoms with Crippen molar-refractivity contribution in [2.75, 3.05) is 0 Å². The fraction of sp³-hybridized carbons (Fsp3) is 0.0625. The zero-order chi connectivity index (χ0) is 16.4. The minimum Gasteiger partial charge on any atom is -0.256 e. The number of halogens is 2. The highest BCUT2D eigenvalue weighted by Crippen LogP contribution is 2.25. The van der Waals surface area contributed by atoms with Gasteiger partial charge in [0, 0.05) is 23.2 Å². The maximum Gasteiger partial charge on any atom is 0.242 e. The van der Waals surface area contributed by atoms with Crippen LogP contribution in [0, 0.1) is 0 Å². The second kappa shape index (κ2) is 6.45. The molecule has 3 aromatic rings. The van der Waals surface area contributed by atoms with Crippen molar-refractivity contribution in [1.82, 2.24) is 9.71 Å². The number of hydrogen-bond acceptors (Lipinski definition) is 3. The molecule has 1 heterocycles. The van der Waals surface area contributed by atoms with Crippen molar-refractivity contribution in [3.63, 3.8) is 0 Å². The average Bonchev–Trinajstić information content (AvgIpc) is 2.55. The summed E-state index contributed by atoms with van der Waals surface area (Å²) in [5.74, 6) is 0. The molecule has 0 atom stereocenters. The molecule has 0 fully saturated rings. The van der Waals surface area contributed by atoms with Crippen LogP contribution in [-0.2, 0) is 16.6 Å². The molecule has 1 N–H and O–H groups in total. The van der Waals surface area contributed by atoms with E-state index in [1.807, 2.05) is 24.3 Å². The molecular formula is C16H12Cl2N2O2S. The average molecular weight is 367 g/mol. The molecule has 2 aromatic carbocycles. The lowest BCUT2D eigenvalue weighted by molar-refractivity contribution is 0.581. The van der Waals surface area contributed by atoms with Crippen LogP contribution in [0.3, 0.4) is 0 Å². The van der Waals surface area contributed by atoms with Crippen LogP contribution in [0.15, 0.2) is 59.6 Å². The Morgan fingerprint density at radius 1 is 1.04 bits per heavy atom. The van der Waals surface area contributed by atoms with Gasteiger partial charge in [0.1, 0.15) is 4.90 Å². The molecule has 7 heteroatoms. The molecule has 0 aliphatic rings. The summed E-state index contributed by atoms with van der Waals surface area (Å²) in [4.78, 5) is 4.22. The molecule has 4 nitrogen and oxygen atoms in total. The Kier molecular flexibility index (Phi) is 4.55. The van der Waals surface area contributed by atoms with Crippen molar-refractivity contribution < 1.29 is 8.42 Å². The molecule has 0 spiro atoms. The standard InChI is InChI=1S/C16H12Cl2N2O2S/c17-12-5-6-14(18)16(9-12)23(21,22)20-10-11-7-8-19-15-4-2-1-3-13(11)15/h1-9,20H,10H2. The van der Waals surface area contributed by atoms with Gasteiger partial charge in [-0.3, -0.25) is 4.98 Å². The zero-order valence-corrected chi connectivity index (χ0v) is 14.2. The van der Waals surface area contributed by atoms with Crippen molar-refractivity contribution in [1.29, 1.82) is 0 Å². The Hall–Kier alpha value is -1.66. The number of hydrogen-bond donors (Lipinski definition) is 1. The number of fused-ring (bicyclic) bond motifs is 1. The third kappa shape index (κ3) is 3.48. The molecule has 23 heavy (non-hydrogen) atoms. The first kappa shape index (κ1) is 16.2. The molecule has 0 unspecified atom stereocenters. The Balaban J connectivity index is 1.91. The van der Waals surface area contributed by atoms with Gasteiger partial charge in [0.25, 0.3) is 0 Å². The topological polar surface area (TPSA) is 59.1 Å². The Morgan fingerprint density at radius 2 is 1.83 bits per heavy atom. The number of aromatic nitrogens is 1. The van der Waals surface area contributed by atoms with Crippen LogP contribution >= 0.6 is 23.2 Å². The Morgan fingerprint density at radius 3 is 2.65 bits per heavy atom. The maximum atomic E-state index is 12.4. The fourth-order valence-corrected chi connectivity index (χ4v) is 4.01. The minimum absolute atomic E-state index is 0.0370. The van der Waals surface area contributed by atoms with Gasteiger partial charge in [-0.25, -0.2) is 13.1 Å². The highest BCUT2D eigenvalue weighted by Gasteiger charge is 2.18. The smallest absolute Gasteiger partial charge is 0.242 e. The summed E-state index contributed by atoms with van der Waals surface area (Å²) >= 11 is 11.8. The second-order valence-corrected chi connectivity index (χ2v) is 7.47. The van der Waals surface area contributed by atoms with Gasteiger partial charge in [-0.05, 0) is 35.9 Å². The Bertz CT molecular complexity index is 969. The molecule has 0 aliphatic heterocycles. The number of para-hydroxylation sites is 1. The van der Waals surface area contributed by atoms with E-state index in [-0.39, 0.29) is 16.5 Å². The second-order valence-electron chi connectivity index (χ2n) is 4.89. The molecule has 0 radical (unpaired) electrons. The van der Waals surface area contributed by atoms with Gasteiger partial charge in [0.2, 0.25) is 10.0 Å². The predicted octanol–water partition coefficient (Wildman–Crippen LogP) is 4.02. The van der Waals surface area contributed by atoms with Gasteiger partial charge < -0.3 is 0 Å². The summed E-state index contributed by atoms with van der Waals surface area (Å²) < 4.78 is 27.4. The lowest BCUT2D eigenvalue weighted by atomic mass is 10.1. The van der Waals surface area contributed by atoms with E-state index in [9.17, 15) is 8.42 Å². The first-order valence-electron chi connectivity index (χ1n) is 6.75. The summed E-state index contributed by atoms with van der Waals surface area (Å²) in [6, 6.07) is 13.7. The lowest BCUT2D eigenvalue weighted by Gasteiger charge is -2.10. The van der Waals surface area contributed by atoms with Gasteiger partial charge in [0.05, 0.1) is 10.5 Å². The number of benzene rings is 2. The van der Waals surface area contributed by atoms with E-state index in [4.69, 9.17) is 23.2 Å². The first-order valence-corrected chi connectivity index (χ1v) is 8.98. The number of nitrogens with one attached hydrogen (secondary N) is 1. The summed E-state index contributed by atoms with van der Waals surface area (Å²) in [5, 5.41) is 1.33. The summed E-state index contributed by atoms with van der Waals surface area (Å²) in [5.41, 5.74) is 1.64. The third-order valence-corrected chi connectivity index (χ3v) is 5.49. The molecule has 0 saturated carbocycles. The van der Waals surface area contributed by atoms with Gasteiger partial charge in [0.15, 0.2) is 0 Å². The largest absolute Gasteiger partial charge is 0.256 e. The molecule has 0 bridgehead atoms. The molecule has 118 valence electrons. The van der Waals surface area contributed by atoms with E-state index in [0.717, 1.165) is 16.5 Å². The molecular weight excluding hydrogens is 355 g/mol. The summed E-state index contributed by atoms with van der Waals surface area (Å²) in [7, 11) is -3.77. The lowest BCUT2D eigenvalue weighted by Crippen LogP contribution is -2.23. The van der Waals surface area contributed by atoms with Crippen LogP contribution in [0.2, 0.25) is 10.0 Å². The quantitative estimate of drug-likeness (QED) is 0.758. The summed E-state index contributed by atoms with van der Waals surface area (Å²) in [6.45, 7) is 0.133. The van der Waals surface area contributed by atoms with Gasteiger partial charge >= 0.3 is 0 Å². The fourth-order valence-electron chi connectivity index (χ4n) is 2.24.